The lowest BCUT2D eigenvalue weighted by molar-refractivity contribution is -0.117. The van der Waals surface area contributed by atoms with E-state index in [0.29, 0.717) is 6.54 Å². The molecule has 2 aromatic carbocycles. The summed E-state index contributed by atoms with van der Waals surface area (Å²) in [6.07, 6.45) is 0.188. The third-order valence-electron chi connectivity index (χ3n) is 3.85. The number of benzene rings is 2. The van der Waals surface area contributed by atoms with Crippen LogP contribution >= 0.6 is 0 Å². The normalized spacial score (nSPS) is 17.0. The minimum Gasteiger partial charge on any atom is -0.435 e. The fraction of sp³-hybridized carbons (Fsp3) is 0.222. The van der Waals surface area contributed by atoms with E-state index in [2.05, 4.69) is 10.1 Å². The lowest BCUT2D eigenvalue weighted by Gasteiger charge is -2.17. The first-order valence-electron chi connectivity index (χ1n) is 7.74. The molecule has 5 nitrogen and oxygen atoms in total. The van der Waals surface area contributed by atoms with E-state index in [1.807, 2.05) is 30.3 Å². The van der Waals surface area contributed by atoms with E-state index >= 15 is 0 Å². The Balaban J connectivity index is 1.65. The smallest absolute Gasteiger partial charge is 0.387 e. The van der Waals surface area contributed by atoms with Crippen LogP contribution in [0.15, 0.2) is 54.6 Å². The molecule has 1 saturated heterocycles. The number of anilines is 1. The van der Waals surface area contributed by atoms with Gasteiger partial charge in [0.25, 0.3) is 5.91 Å². The van der Waals surface area contributed by atoms with Crippen molar-refractivity contribution in [2.45, 2.75) is 19.1 Å². The zero-order chi connectivity index (χ0) is 17.8. The molecule has 0 bridgehead atoms. The van der Waals surface area contributed by atoms with Gasteiger partial charge in [-0.25, -0.2) is 0 Å². The number of alkyl halides is 2. The molecule has 7 heteroatoms. The monoisotopic (exact) mass is 346 g/mol. The number of nitrogens with one attached hydrogen (secondary N) is 1. The second kappa shape index (κ2) is 7.29. The number of hydrogen-bond donors (Lipinski definition) is 1. The Kier molecular flexibility index (Phi) is 4.92. The number of nitrogens with zero attached hydrogens (tertiary/aromatic N) is 1. The van der Waals surface area contributed by atoms with Crippen molar-refractivity contribution < 1.29 is 23.1 Å². The first-order valence-corrected chi connectivity index (χ1v) is 7.74. The van der Waals surface area contributed by atoms with Crippen molar-refractivity contribution in [2.24, 2.45) is 0 Å². The molecule has 1 aliphatic heterocycles. The van der Waals surface area contributed by atoms with Gasteiger partial charge in [0.05, 0.1) is 6.04 Å². The Bertz CT molecular complexity index is 768. The molecule has 130 valence electrons. The van der Waals surface area contributed by atoms with Crippen LogP contribution < -0.4 is 15.0 Å². The highest BCUT2D eigenvalue weighted by molar-refractivity contribution is 5.99. The Labute approximate surface area is 143 Å². The molecule has 1 N–H and O–H groups in total. The summed E-state index contributed by atoms with van der Waals surface area (Å²) in [6, 6.07) is 14.4. The lowest BCUT2D eigenvalue weighted by atomic mass is 10.1. The molecule has 25 heavy (non-hydrogen) atoms. The van der Waals surface area contributed by atoms with Gasteiger partial charge < -0.3 is 15.0 Å². The number of rotatable bonds is 5. The fourth-order valence-electron chi connectivity index (χ4n) is 2.74. The maximum absolute atomic E-state index is 12.3. The molecule has 0 spiro atoms. The van der Waals surface area contributed by atoms with E-state index in [1.165, 1.54) is 24.3 Å². The van der Waals surface area contributed by atoms with E-state index in [-0.39, 0.29) is 29.7 Å². The maximum atomic E-state index is 12.3. The number of ether oxygens (including phenoxy) is 1. The van der Waals surface area contributed by atoms with Crippen molar-refractivity contribution in [1.82, 2.24) is 5.32 Å². The van der Waals surface area contributed by atoms with Gasteiger partial charge in [0.15, 0.2) is 0 Å². The third-order valence-corrected chi connectivity index (χ3v) is 3.85. The average molecular weight is 346 g/mol. The minimum absolute atomic E-state index is 0.0775. The van der Waals surface area contributed by atoms with Gasteiger partial charge in [-0.1, -0.05) is 24.3 Å². The molecule has 1 unspecified atom stereocenters. The Hall–Kier alpha value is -2.96. The van der Waals surface area contributed by atoms with Crippen molar-refractivity contribution in [1.29, 1.82) is 0 Å². The predicted octanol–water partition coefficient (Wildman–Crippen LogP) is 2.82. The molecular formula is C18H16F2N2O3. The van der Waals surface area contributed by atoms with Gasteiger partial charge in [-0.15, -0.1) is 0 Å². The molecule has 0 saturated carbocycles. The summed E-state index contributed by atoms with van der Waals surface area (Å²) < 4.78 is 28.8. The van der Waals surface area contributed by atoms with Crippen molar-refractivity contribution in [3.05, 3.63) is 60.2 Å². The summed E-state index contributed by atoms with van der Waals surface area (Å²) in [7, 11) is 0. The Morgan fingerprint density at radius 3 is 2.64 bits per heavy atom. The first kappa shape index (κ1) is 16.9. The molecular weight excluding hydrogens is 330 g/mol. The van der Waals surface area contributed by atoms with Crippen molar-refractivity contribution in [3.63, 3.8) is 0 Å². The van der Waals surface area contributed by atoms with E-state index < -0.39 is 12.5 Å². The second-order valence-corrected chi connectivity index (χ2v) is 5.62. The third kappa shape index (κ3) is 4.12. The van der Waals surface area contributed by atoms with Gasteiger partial charge in [-0.05, 0) is 30.3 Å². The van der Waals surface area contributed by atoms with Crippen molar-refractivity contribution in [3.8, 4) is 5.75 Å². The van der Waals surface area contributed by atoms with Gasteiger partial charge in [0.2, 0.25) is 5.91 Å². The lowest BCUT2D eigenvalue weighted by Crippen LogP contribution is -2.37. The van der Waals surface area contributed by atoms with Gasteiger partial charge in [0.1, 0.15) is 5.75 Å². The summed E-state index contributed by atoms with van der Waals surface area (Å²) >= 11 is 0. The second-order valence-electron chi connectivity index (χ2n) is 5.62. The van der Waals surface area contributed by atoms with Crippen LogP contribution in [0.5, 0.6) is 5.75 Å². The number of amides is 2. The molecule has 1 fully saturated rings. The van der Waals surface area contributed by atoms with Crippen LogP contribution in [-0.4, -0.2) is 31.0 Å². The predicted molar refractivity (Wildman–Crippen MR) is 87.7 cm³/mol. The maximum Gasteiger partial charge on any atom is 0.387 e. The molecule has 1 heterocycles. The molecule has 0 radical (unpaired) electrons. The number of para-hydroxylation sites is 1. The van der Waals surface area contributed by atoms with Crippen LogP contribution in [0.25, 0.3) is 0 Å². The van der Waals surface area contributed by atoms with Crippen LogP contribution in [0.4, 0.5) is 14.5 Å². The largest absolute Gasteiger partial charge is 0.435 e. The van der Waals surface area contributed by atoms with E-state index in [0.717, 1.165) is 5.69 Å². The molecule has 2 amide bonds. The van der Waals surface area contributed by atoms with Gasteiger partial charge in [-0.3, -0.25) is 9.59 Å². The van der Waals surface area contributed by atoms with Crippen LogP contribution in [0.3, 0.4) is 0 Å². The molecule has 3 rings (SSSR count). The summed E-state index contributed by atoms with van der Waals surface area (Å²) in [5, 5.41) is 2.76. The zero-order valence-corrected chi connectivity index (χ0v) is 13.2. The molecule has 1 aliphatic rings. The number of carbonyl (C=O) groups excluding carboxylic acids is 2. The molecule has 0 aromatic heterocycles. The van der Waals surface area contributed by atoms with E-state index in [4.69, 9.17) is 0 Å². The standard InChI is InChI=1S/C18H16F2N2O3/c19-18(20)25-15-8-4-5-12(9-15)17(24)21-13-10-16(23)22(11-13)14-6-2-1-3-7-14/h1-9,13,18H,10-11H2,(H,21,24). The Morgan fingerprint density at radius 2 is 1.92 bits per heavy atom. The highest BCUT2D eigenvalue weighted by Crippen LogP contribution is 2.22. The van der Waals surface area contributed by atoms with Crippen molar-refractivity contribution in [2.75, 3.05) is 11.4 Å². The molecule has 1 atom stereocenters. The highest BCUT2D eigenvalue weighted by atomic mass is 19.3. The number of hydrogen-bond acceptors (Lipinski definition) is 3. The first-order chi connectivity index (χ1) is 12.0. The minimum atomic E-state index is -2.95. The van der Waals surface area contributed by atoms with Crippen LogP contribution in [0.1, 0.15) is 16.8 Å². The van der Waals surface area contributed by atoms with Gasteiger partial charge in [-0.2, -0.15) is 8.78 Å². The van der Waals surface area contributed by atoms with Crippen LogP contribution in [0.2, 0.25) is 0 Å². The quantitative estimate of drug-likeness (QED) is 0.906. The molecule has 2 aromatic rings. The van der Waals surface area contributed by atoms with E-state index in [1.54, 1.807) is 4.90 Å². The Morgan fingerprint density at radius 1 is 1.16 bits per heavy atom. The average Bonchev–Trinajstić information content (AvgIpc) is 2.95. The topological polar surface area (TPSA) is 58.6 Å². The number of halogens is 2. The number of carbonyl (C=O) groups is 2. The van der Waals surface area contributed by atoms with Crippen LogP contribution in [0, 0.1) is 0 Å². The summed E-state index contributed by atoms with van der Waals surface area (Å²) in [6.45, 7) is -2.59. The van der Waals surface area contributed by atoms with E-state index in [9.17, 15) is 18.4 Å². The van der Waals surface area contributed by atoms with Gasteiger partial charge >= 0.3 is 6.61 Å². The SMILES string of the molecule is O=C(NC1CC(=O)N(c2ccccc2)C1)c1cccc(OC(F)F)c1. The van der Waals surface area contributed by atoms with Gasteiger partial charge in [0, 0.05) is 24.2 Å². The summed E-state index contributed by atoms with van der Waals surface area (Å²) in [5.41, 5.74) is 0.973. The highest BCUT2D eigenvalue weighted by Gasteiger charge is 2.31. The van der Waals surface area contributed by atoms with Crippen LogP contribution in [-0.2, 0) is 4.79 Å². The molecule has 0 aliphatic carbocycles. The van der Waals surface area contributed by atoms with Crippen molar-refractivity contribution >= 4 is 17.5 Å². The fourth-order valence-corrected chi connectivity index (χ4v) is 2.74. The summed E-state index contributed by atoms with van der Waals surface area (Å²) in [4.78, 5) is 26.1. The summed E-state index contributed by atoms with van der Waals surface area (Å²) in [5.74, 6) is -0.602. The zero-order valence-electron chi connectivity index (χ0n) is 13.2.